The Balaban J connectivity index is 1.60. The summed E-state index contributed by atoms with van der Waals surface area (Å²) < 4.78 is 8.26. The van der Waals surface area contributed by atoms with E-state index in [9.17, 15) is 0 Å². The highest BCUT2D eigenvalue weighted by atomic mass is 16.5. The molecule has 8 heteroatoms. The lowest BCUT2D eigenvalue weighted by Gasteiger charge is -2.21. The molecule has 0 aliphatic heterocycles. The summed E-state index contributed by atoms with van der Waals surface area (Å²) >= 11 is 0. The maximum absolute atomic E-state index is 6.47. The summed E-state index contributed by atoms with van der Waals surface area (Å²) in [5.74, 6) is 1.43. The minimum Gasteiger partial charge on any atom is -0.489 e. The van der Waals surface area contributed by atoms with E-state index < -0.39 is 0 Å². The largest absolute Gasteiger partial charge is 0.489 e. The number of pyridine rings is 1. The minimum atomic E-state index is -0.0274. The van der Waals surface area contributed by atoms with Crippen molar-refractivity contribution in [1.82, 2.24) is 29.6 Å². The average molecular weight is 468 g/mol. The van der Waals surface area contributed by atoms with Gasteiger partial charge in [-0.25, -0.2) is 9.97 Å². The molecule has 1 N–H and O–H groups in total. The molecule has 0 spiro atoms. The van der Waals surface area contributed by atoms with Crippen LogP contribution in [0.1, 0.15) is 12.6 Å². The van der Waals surface area contributed by atoms with Gasteiger partial charge in [-0.2, -0.15) is 5.10 Å². The Labute approximate surface area is 204 Å². The summed E-state index contributed by atoms with van der Waals surface area (Å²) in [5.41, 5.74) is 5.68. The lowest BCUT2D eigenvalue weighted by Crippen LogP contribution is -2.28. The van der Waals surface area contributed by atoms with Gasteiger partial charge in [0.15, 0.2) is 0 Å². The molecule has 0 bridgehead atoms. The maximum Gasteiger partial charge on any atom is 0.145 e. The van der Waals surface area contributed by atoms with Crippen molar-refractivity contribution in [3.63, 3.8) is 0 Å². The number of anilines is 2. The van der Waals surface area contributed by atoms with Crippen LogP contribution in [0, 0.1) is 6.92 Å². The molecule has 3 heterocycles. The molecule has 35 heavy (non-hydrogen) atoms. The van der Waals surface area contributed by atoms with Gasteiger partial charge in [0.05, 0.1) is 22.6 Å². The first-order valence-corrected chi connectivity index (χ1v) is 11.6. The molecule has 0 radical (unpaired) electrons. The SMILES string of the molecule is Cc1ccc2cc(Nc3ncnc4cc(-c5cnn(C)c5)cc(O[C@H](C)CN(C)C)c34)ccc2n1. The Bertz CT molecular complexity index is 1510. The van der Waals surface area contributed by atoms with Crippen molar-refractivity contribution in [1.29, 1.82) is 0 Å². The van der Waals surface area contributed by atoms with Gasteiger partial charge in [0.1, 0.15) is 24.0 Å². The van der Waals surface area contributed by atoms with Crippen molar-refractivity contribution < 1.29 is 4.74 Å². The third-order valence-electron chi connectivity index (χ3n) is 5.78. The monoisotopic (exact) mass is 467 g/mol. The Hall–Kier alpha value is -4.04. The molecule has 0 saturated carbocycles. The average Bonchev–Trinajstić information content (AvgIpc) is 3.25. The molecular weight excluding hydrogens is 438 g/mol. The molecule has 5 rings (SSSR count). The second-order valence-electron chi connectivity index (χ2n) is 9.17. The van der Waals surface area contributed by atoms with Crippen LogP contribution in [-0.2, 0) is 7.05 Å². The van der Waals surface area contributed by atoms with Crippen molar-refractivity contribution in [2.45, 2.75) is 20.0 Å². The lowest BCUT2D eigenvalue weighted by molar-refractivity contribution is 0.179. The van der Waals surface area contributed by atoms with Crippen LogP contribution < -0.4 is 10.1 Å². The standard InChI is InChI=1S/C27H29N7O/c1-17-6-7-19-10-22(8-9-23(19)31-17)32-27-26-24(28-16-29-27)11-20(21-13-30-34(5)15-21)12-25(26)35-18(2)14-33(3)4/h6-13,15-16,18H,14H2,1-5H3,(H,28,29,32)/t18-/m1/s1. The Kier molecular flexibility index (Phi) is 6.05. The van der Waals surface area contributed by atoms with Crippen LogP contribution in [0.4, 0.5) is 11.5 Å². The molecule has 178 valence electrons. The van der Waals surface area contributed by atoms with Crippen LogP contribution in [0.3, 0.4) is 0 Å². The smallest absolute Gasteiger partial charge is 0.145 e. The number of benzene rings is 2. The molecule has 0 aliphatic rings. The van der Waals surface area contributed by atoms with E-state index in [4.69, 9.17) is 4.74 Å². The molecule has 2 aromatic carbocycles. The van der Waals surface area contributed by atoms with Crippen molar-refractivity contribution in [3.05, 3.63) is 66.9 Å². The number of hydrogen-bond acceptors (Lipinski definition) is 7. The van der Waals surface area contributed by atoms with Crippen LogP contribution >= 0.6 is 0 Å². The van der Waals surface area contributed by atoms with E-state index in [1.807, 2.05) is 64.7 Å². The molecule has 5 aromatic rings. The number of aryl methyl sites for hydroxylation is 2. The molecule has 0 saturated heterocycles. The zero-order valence-corrected chi connectivity index (χ0v) is 20.6. The maximum atomic E-state index is 6.47. The van der Waals surface area contributed by atoms with Gasteiger partial charge in [0.25, 0.3) is 0 Å². The van der Waals surface area contributed by atoms with E-state index in [1.54, 1.807) is 11.0 Å². The number of hydrogen-bond donors (Lipinski definition) is 1. The van der Waals surface area contributed by atoms with E-state index in [0.717, 1.165) is 56.6 Å². The van der Waals surface area contributed by atoms with Crippen LogP contribution in [-0.4, -0.2) is 56.4 Å². The summed E-state index contributed by atoms with van der Waals surface area (Å²) in [6.07, 6.45) is 5.38. The van der Waals surface area contributed by atoms with E-state index in [2.05, 4.69) is 55.4 Å². The van der Waals surface area contributed by atoms with Gasteiger partial charge in [-0.3, -0.25) is 9.67 Å². The number of nitrogens with zero attached hydrogens (tertiary/aromatic N) is 6. The van der Waals surface area contributed by atoms with Crippen LogP contribution in [0.2, 0.25) is 0 Å². The molecule has 1 atom stereocenters. The van der Waals surface area contributed by atoms with Gasteiger partial charge in [-0.1, -0.05) is 6.07 Å². The highest BCUT2D eigenvalue weighted by molar-refractivity contribution is 5.99. The van der Waals surface area contributed by atoms with Gasteiger partial charge in [-0.05, 0) is 69.9 Å². The van der Waals surface area contributed by atoms with Crippen LogP contribution in [0.25, 0.3) is 32.9 Å². The first-order valence-electron chi connectivity index (χ1n) is 11.6. The van der Waals surface area contributed by atoms with Crippen molar-refractivity contribution in [2.24, 2.45) is 7.05 Å². The van der Waals surface area contributed by atoms with E-state index in [-0.39, 0.29) is 6.10 Å². The predicted octanol–water partition coefficient (Wildman–Crippen LogP) is 4.96. The quantitative estimate of drug-likeness (QED) is 0.362. The number of nitrogens with one attached hydrogen (secondary N) is 1. The molecule has 8 nitrogen and oxygen atoms in total. The summed E-state index contributed by atoms with van der Waals surface area (Å²) in [6, 6.07) is 14.3. The normalized spacial score (nSPS) is 12.4. The predicted molar refractivity (Wildman–Crippen MR) is 140 cm³/mol. The first-order chi connectivity index (χ1) is 16.9. The molecular formula is C27H29N7O. The fourth-order valence-electron chi connectivity index (χ4n) is 4.29. The topological polar surface area (TPSA) is 81.0 Å². The second kappa shape index (κ2) is 9.31. The number of likely N-dealkylation sites (N-methyl/N-ethyl adjacent to an activating group) is 1. The number of rotatable bonds is 7. The van der Waals surface area contributed by atoms with Gasteiger partial charge < -0.3 is 15.0 Å². The molecule has 0 fully saturated rings. The van der Waals surface area contributed by atoms with E-state index in [1.165, 1.54) is 0 Å². The Morgan fingerprint density at radius 1 is 1.03 bits per heavy atom. The third-order valence-corrected chi connectivity index (χ3v) is 5.78. The summed E-state index contributed by atoms with van der Waals surface area (Å²) in [5, 5.41) is 9.72. The highest BCUT2D eigenvalue weighted by Gasteiger charge is 2.17. The lowest BCUT2D eigenvalue weighted by atomic mass is 10.1. The molecule has 0 aliphatic carbocycles. The fourth-order valence-corrected chi connectivity index (χ4v) is 4.29. The van der Waals surface area contributed by atoms with Gasteiger partial charge in [0, 0.05) is 42.1 Å². The zero-order valence-electron chi connectivity index (χ0n) is 20.6. The van der Waals surface area contributed by atoms with Gasteiger partial charge >= 0.3 is 0 Å². The van der Waals surface area contributed by atoms with Crippen LogP contribution in [0.5, 0.6) is 5.75 Å². The van der Waals surface area contributed by atoms with Crippen LogP contribution in [0.15, 0.2) is 61.2 Å². The van der Waals surface area contributed by atoms with Gasteiger partial charge in [0.2, 0.25) is 0 Å². The van der Waals surface area contributed by atoms with Crippen molar-refractivity contribution in [2.75, 3.05) is 26.0 Å². The molecule has 0 unspecified atom stereocenters. The molecule has 3 aromatic heterocycles. The number of aromatic nitrogens is 5. The second-order valence-corrected chi connectivity index (χ2v) is 9.17. The third kappa shape index (κ3) is 4.93. The first kappa shape index (κ1) is 22.7. The fraction of sp³-hybridized carbons (Fsp3) is 0.259. The number of ether oxygens (including phenoxy) is 1. The van der Waals surface area contributed by atoms with E-state index in [0.29, 0.717) is 5.82 Å². The van der Waals surface area contributed by atoms with Gasteiger partial charge in [-0.15, -0.1) is 0 Å². The van der Waals surface area contributed by atoms with E-state index >= 15 is 0 Å². The Morgan fingerprint density at radius 2 is 1.89 bits per heavy atom. The highest BCUT2D eigenvalue weighted by Crippen LogP contribution is 2.37. The van der Waals surface area contributed by atoms with Crippen molar-refractivity contribution in [3.8, 4) is 16.9 Å². The molecule has 0 amide bonds. The van der Waals surface area contributed by atoms with Crippen molar-refractivity contribution >= 4 is 33.3 Å². The zero-order chi connectivity index (χ0) is 24.5. The summed E-state index contributed by atoms with van der Waals surface area (Å²) in [4.78, 5) is 15.9. The summed E-state index contributed by atoms with van der Waals surface area (Å²) in [6.45, 7) is 4.85. The number of fused-ring (bicyclic) bond motifs is 2. The summed E-state index contributed by atoms with van der Waals surface area (Å²) in [7, 11) is 5.98. The minimum absolute atomic E-state index is 0.0274. The Morgan fingerprint density at radius 3 is 2.66 bits per heavy atom.